The minimum absolute atomic E-state index is 0.0848. The maximum absolute atomic E-state index is 12.9. The zero-order valence-corrected chi connectivity index (χ0v) is 16.8. The van der Waals surface area contributed by atoms with Crippen LogP contribution in [-0.4, -0.2) is 71.5 Å². The van der Waals surface area contributed by atoms with Crippen molar-refractivity contribution in [3.63, 3.8) is 0 Å². The van der Waals surface area contributed by atoms with Gasteiger partial charge in [0.25, 0.3) is 11.8 Å². The van der Waals surface area contributed by atoms with Crippen molar-refractivity contribution in [2.75, 3.05) is 38.1 Å². The van der Waals surface area contributed by atoms with Gasteiger partial charge in [0.1, 0.15) is 5.69 Å². The highest BCUT2D eigenvalue weighted by Crippen LogP contribution is 2.30. The molecular formula is C20H25N5O5. The van der Waals surface area contributed by atoms with E-state index in [0.717, 1.165) is 32.4 Å². The van der Waals surface area contributed by atoms with Gasteiger partial charge in [-0.2, -0.15) is 0 Å². The number of furan rings is 1. The van der Waals surface area contributed by atoms with Gasteiger partial charge in [-0.1, -0.05) is 0 Å². The SMILES string of the molecule is Cc1ccc2c(NC(=O)N3CCOC(C(=O)N4CCCCC4)C3)c(C(N)=O)oc2n1. The minimum Gasteiger partial charge on any atom is -0.430 e. The molecule has 1 unspecified atom stereocenters. The third-order valence-electron chi connectivity index (χ3n) is 5.45. The standard InChI is InChI=1S/C20H25N5O5/c1-12-5-6-13-15(16(17(21)26)30-18(13)22-12)23-20(28)25-9-10-29-14(11-25)19(27)24-7-3-2-4-8-24/h5-6,14H,2-4,7-11H2,1H3,(H2,21,26)(H,23,28). The Bertz CT molecular complexity index is 981. The number of rotatable bonds is 3. The van der Waals surface area contributed by atoms with Crippen LogP contribution in [0.15, 0.2) is 16.5 Å². The molecule has 0 aliphatic carbocycles. The number of carbonyl (C=O) groups excluding carboxylic acids is 3. The average molecular weight is 415 g/mol. The molecule has 0 radical (unpaired) electrons. The maximum Gasteiger partial charge on any atom is 0.322 e. The number of piperidine rings is 1. The molecule has 2 aliphatic rings. The first-order valence-electron chi connectivity index (χ1n) is 10.1. The number of likely N-dealkylation sites (tertiary alicyclic amines) is 1. The number of nitrogens with zero attached hydrogens (tertiary/aromatic N) is 3. The average Bonchev–Trinajstić information content (AvgIpc) is 3.11. The highest BCUT2D eigenvalue weighted by atomic mass is 16.5. The number of aryl methyl sites for hydroxylation is 1. The Balaban J connectivity index is 1.50. The molecule has 2 aromatic rings. The van der Waals surface area contributed by atoms with Crippen LogP contribution in [0.2, 0.25) is 0 Å². The lowest BCUT2D eigenvalue weighted by molar-refractivity contribution is -0.148. The van der Waals surface area contributed by atoms with E-state index in [1.807, 2.05) is 0 Å². The van der Waals surface area contributed by atoms with E-state index in [-0.39, 0.29) is 36.2 Å². The largest absolute Gasteiger partial charge is 0.430 e. The van der Waals surface area contributed by atoms with Crippen LogP contribution >= 0.6 is 0 Å². The van der Waals surface area contributed by atoms with E-state index in [9.17, 15) is 14.4 Å². The molecule has 2 saturated heterocycles. The summed E-state index contributed by atoms with van der Waals surface area (Å²) in [5.41, 5.74) is 6.53. The Morgan fingerprint density at radius 2 is 1.90 bits per heavy atom. The Morgan fingerprint density at radius 3 is 2.63 bits per heavy atom. The molecule has 160 valence electrons. The summed E-state index contributed by atoms with van der Waals surface area (Å²) in [5, 5.41) is 3.20. The van der Waals surface area contributed by atoms with Gasteiger partial charge in [0.15, 0.2) is 6.10 Å². The van der Waals surface area contributed by atoms with Crippen molar-refractivity contribution in [1.82, 2.24) is 14.8 Å². The number of aromatic nitrogens is 1. The van der Waals surface area contributed by atoms with Gasteiger partial charge in [-0.25, -0.2) is 9.78 Å². The van der Waals surface area contributed by atoms with Gasteiger partial charge >= 0.3 is 6.03 Å². The molecule has 2 fully saturated rings. The number of morpholine rings is 1. The van der Waals surface area contributed by atoms with Gasteiger partial charge in [-0.05, 0) is 38.3 Å². The number of ether oxygens (including phenoxy) is 1. The van der Waals surface area contributed by atoms with Crippen molar-refractivity contribution in [3.05, 3.63) is 23.6 Å². The second kappa shape index (κ2) is 8.31. The van der Waals surface area contributed by atoms with Crippen LogP contribution in [0, 0.1) is 6.92 Å². The number of nitrogens with one attached hydrogen (secondary N) is 1. The van der Waals surface area contributed by atoms with Crippen LogP contribution in [-0.2, 0) is 9.53 Å². The van der Waals surface area contributed by atoms with E-state index < -0.39 is 18.0 Å². The molecule has 0 spiro atoms. The predicted molar refractivity (Wildman–Crippen MR) is 108 cm³/mol. The molecule has 0 bridgehead atoms. The van der Waals surface area contributed by atoms with Gasteiger partial charge in [0.2, 0.25) is 11.5 Å². The molecular weight excluding hydrogens is 390 g/mol. The smallest absolute Gasteiger partial charge is 0.322 e. The van der Waals surface area contributed by atoms with Crippen molar-refractivity contribution in [1.29, 1.82) is 0 Å². The van der Waals surface area contributed by atoms with Crippen LogP contribution in [0.3, 0.4) is 0 Å². The van der Waals surface area contributed by atoms with Gasteiger partial charge in [-0.15, -0.1) is 0 Å². The lowest BCUT2D eigenvalue weighted by atomic mass is 10.1. The summed E-state index contributed by atoms with van der Waals surface area (Å²) in [7, 11) is 0. The Kier molecular flexibility index (Phi) is 5.58. The number of amides is 4. The van der Waals surface area contributed by atoms with Crippen LogP contribution in [0.5, 0.6) is 0 Å². The maximum atomic E-state index is 12.9. The molecule has 4 amide bonds. The Hall–Kier alpha value is -3.14. The molecule has 0 saturated carbocycles. The lowest BCUT2D eigenvalue weighted by Crippen LogP contribution is -2.54. The number of anilines is 1. The van der Waals surface area contributed by atoms with Crippen LogP contribution in [0.25, 0.3) is 11.1 Å². The molecule has 3 N–H and O–H groups in total. The number of urea groups is 1. The lowest BCUT2D eigenvalue weighted by Gasteiger charge is -2.36. The van der Waals surface area contributed by atoms with Crippen LogP contribution in [0.4, 0.5) is 10.5 Å². The van der Waals surface area contributed by atoms with Gasteiger partial charge in [0, 0.05) is 25.3 Å². The van der Waals surface area contributed by atoms with E-state index in [2.05, 4.69) is 10.3 Å². The van der Waals surface area contributed by atoms with Crippen molar-refractivity contribution < 1.29 is 23.5 Å². The number of carbonyl (C=O) groups is 3. The summed E-state index contributed by atoms with van der Waals surface area (Å²) >= 11 is 0. The monoisotopic (exact) mass is 415 g/mol. The minimum atomic E-state index is -0.805. The van der Waals surface area contributed by atoms with E-state index in [1.165, 1.54) is 4.90 Å². The first kappa shape index (κ1) is 20.1. The van der Waals surface area contributed by atoms with Gasteiger partial charge in [0.05, 0.1) is 18.5 Å². The molecule has 10 heteroatoms. The number of pyridine rings is 1. The van der Waals surface area contributed by atoms with Crippen LogP contribution < -0.4 is 11.1 Å². The Labute approximate surface area is 173 Å². The van der Waals surface area contributed by atoms with Crippen molar-refractivity contribution in [2.45, 2.75) is 32.3 Å². The molecule has 4 heterocycles. The first-order valence-corrected chi connectivity index (χ1v) is 10.1. The summed E-state index contributed by atoms with van der Waals surface area (Å²) in [4.78, 5) is 45.0. The van der Waals surface area contributed by atoms with Gasteiger partial charge < -0.3 is 30.0 Å². The Morgan fingerprint density at radius 1 is 1.13 bits per heavy atom. The topological polar surface area (TPSA) is 131 Å². The highest BCUT2D eigenvalue weighted by molar-refractivity contribution is 6.09. The number of primary amides is 1. The molecule has 2 aromatic heterocycles. The first-order chi connectivity index (χ1) is 14.4. The molecule has 1 atom stereocenters. The predicted octanol–water partition coefficient (Wildman–Crippen LogP) is 1.48. The number of fused-ring (bicyclic) bond motifs is 1. The normalized spacial score (nSPS) is 19.7. The summed E-state index contributed by atoms with van der Waals surface area (Å²) in [6.45, 7) is 3.96. The van der Waals surface area contributed by atoms with Crippen molar-refractivity contribution >= 4 is 34.6 Å². The quantitative estimate of drug-likeness (QED) is 0.781. The third-order valence-corrected chi connectivity index (χ3v) is 5.45. The molecule has 4 rings (SSSR count). The zero-order valence-electron chi connectivity index (χ0n) is 16.8. The van der Waals surface area contributed by atoms with Crippen molar-refractivity contribution in [2.24, 2.45) is 5.73 Å². The van der Waals surface area contributed by atoms with E-state index in [4.69, 9.17) is 14.9 Å². The van der Waals surface area contributed by atoms with E-state index >= 15 is 0 Å². The van der Waals surface area contributed by atoms with E-state index in [1.54, 1.807) is 24.0 Å². The summed E-state index contributed by atoms with van der Waals surface area (Å²) in [6.07, 6.45) is 2.40. The van der Waals surface area contributed by atoms with Crippen molar-refractivity contribution in [3.8, 4) is 0 Å². The third kappa shape index (κ3) is 3.95. The zero-order chi connectivity index (χ0) is 21.3. The molecule has 0 aromatic carbocycles. The fourth-order valence-electron chi connectivity index (χ4n) is 3.86. The number of hydrogen-bond acceptors (Lipinski definition) is 6. The second-order valence-electron chi connectivity index (χ2n) is 7.60. The second-order valence-corrected chi connectivity index (χ2v) is 7.60. The fraction of sp³-hybridized carbons (Fsp3) is 0.500. The summed E-state index contributed by atoms with van der Waals surface area (Å²) < 4.78 is 11.1. The van der Waals surface area contributed by atoms with Crippen LogP contribution in [0.1, 0.15) is 35.5 Å². The fourth-order valence-corrected chi connectivity index (χ4v) is 3.86. The number of nitrogens with two attached hydrogens (primary N) is 1. The van der Waals surface area contributed by atoms with E-state index in [0.29, 0.717) is 17.6 Å². The summed E-state index contributed by atoms with van der Waals surface area (Å²) in [5.74, 6) is -1.05. The summed E-state index contributed by atoms with van der Waals surface area (Å²) in [6, 6.07) is 3.01. The van der Waals surface area contributed by atoms with Gasteiger partial charge in [-0.3, -0.25) is 9.59 Å². The highest BCUT2D eigenvalue weighted by Gasteiger charge is 2.33. The molecule has 2 aliphatic heterocycles. The molecule has 10 nitrogen and oxygen atoms in total. The number of hydrogen-bond donors (Lipinski definition) is 2. The molecule has 30 heavy (non-hydrogen) atoms.